The summed E-state index contributed by atoms with van der Waals surface area (Å²) in [4.78, 5) is 0. The van der Waals surface area contributed by atoms with Crippen molar-refractivity contribution in [3.63, 3.8) is 0 Å². The molecule has 1 aromatic carbocycles. The second-order valence-electron chi connectivity index (χ2n) is 11.1. The van der Waals surface area contributed by atoms with Crippen LogP contribution < -0.4 is 10.6 Å². The molecule has 0 radical (unpaired) electrons. The molecule has 0 aromatic heterocycles. The molecule has 0 bridgehead atoms. The van der Waals surface area contributed by atoms with Crippen LogP contribution in [-0.2, 0) is 0 Å². The smallest absolute Gasteiger partial charge is 0.158 e. The van der Waals surface area contributed by atoms with E-state index in [2.05, 4.69) is 48.8 Å². The van der Waals surface area contributed by atoms with E-state index in [4.69, 9.17) is 0 Å². The van der Waals surface area contributed by atoms with Crippen molar-refractivity contribution in [3.8, 4) is 12.1 Å². The molecule has 1 aromatic rings. The van der Waals surface area contributed by atoms with Gasteiger partial charge in [0.1, 0.15) is 0 Å². The Bertz CT molecular complexity index is 690. The fraction of sp³-hybridized carbons (Fsp3) is 0.765. The lowest BCUT2D eigenvalue weighted by Gasteiger charge is -2.21. The van der Waals surface area contributed by atoms with Crippen LogP contribution in [0.5, 0.6) is 0 Å². The zero-order valence-corrected chi connectivity index (χ0v) is 24.9. The highest BCUT2D eigenvalue weighted by Crippen LogP contribution is 2.19. The van der Waals surface area contributed by atoms with E-state index in [0.29, 0.717) is 0 Å². The minimum atomic E-state index is -0.693. The number of benzene rings is 1. The third-order valence-electron chi connectivity index (χ3n) is 7.62. The van der Waals surface area contributed by atoms with E-state index in [9.17, 15) is 10.5 Å². The first-order valence-corrected chi connectivity index (χ1v) is 16.1. The Labute approximate surface area is 236 Å². The topological polar surface area (TPSA) is 71.6 Å². The maximum atomic E-state index is 9.20. The Morgan fingerprint density at radius 2 is 0.816 bits per heavy atom. The largest absolute Gasteiger partial charge is 0.298 e. The van der Waals surface area contributed by atoms with Crippen LogP contribution in [0.15, 0.2) is 24.3 Å². The van der Waals surface area contributed by atoms with Gasteiger partial charge in [0.05, 0.1) is 18.3 Å². The van der Waals surface area contributed by atoms with Crippen molar-refractivity contribution in [1.29, 1.82) is 10.5 Å². The van der Waals surface area contributed by atoms with E-state index < -0.39 is 5.92 Å². The summed E-state index contributed by atoms with van der Waals surface area (Å²) in [6.45, 7) is 6.57. The quantitative estimate of drug-likeness (QED) is 0.0938. The number of hydrogen-bond acceptors (Lipinski definition) is 4. The summed E-state index contributed by atoms with van der Waals surface area (Å²) in [5, 5.41) is 25.9. The Balaban J connectivity index is 2.35. The first kappa shape index (κ1) is 34.1. The van der Waals surface area contributed by atoms with Gasteiger partial charge in [-0.3, -0.25) is 10.6 Å². The molecule has 1 rings (SSSR count). The predicted octanol–water partition coefficient (Wildman–Crippen LogP) is 9.84. The minimum Gasteiger partial charge on any atom is -0.298 e. The highest BCUT2D eigenvalue weighted by molar-refractivity contribution is 5.34. The molecule has 0 aliphatic heterocycles. The number of rotatable bonds is 26. The number of nitriles is 2. The summed E-state index contributed by atoms with van der Waals surface area (Å²) < 4.78 is 0. The molecule has 0 saturated carbocycles. The molecule has 0 unspecified atom stereocenters. The van der Waals surface area contributed by atoms with E-state index in [-0.39, 0.29) is 6.17 Å². The Hall–Kier alpha value is -1.88. The number of nitrogens with one attached hydrogen (secondary N) is 2. The summed E-state index contributed by atoms with van der Waals surface area (Å²) >= 11 is 0. The highest BCUT2D eigenvalue weighted by atomic mass is 15.1. The summed E-state index contributed by atoms with van der Waals surface area (Å²) in [5.74, 6) is -0.693. The van der Waals surface area contributed by atoms with Gasteiger partial charge in [-0.25, -0.2) is 0 Å². The lowest BCUT2D eigenvalue weighted by Crippen LogP contribution is -2.35. The van der Waals surface area contributed by atoms with Gasteiger partial charge in [0, 0.05) is 0 Å². The van der Waals surface area contributed by atoms with Gasteiger partial charge in [0.2, 0.25) is 0 Å². The zero-order chi connectivity index (χ0) is 27.5. The van der Waals surface area contributed by atoms with E-state index in [1.165, 1.54) is 134 Å². The van der Waals surface area contributed by atoms with Gasteiger partial charge in [-0.05, 0) is 37.1 Å². The molecule has 0 amide bonds. The molecule has 0 aliphatic carbocycles. The number of unbranched alkanes of at least 4 members (excludes halogenated alkanes) is 18. The second-order valence-corrected chi connectivity index (χ2v) is 11.1. The van der Waals surface area contributed by atoms with Gasteiger partial charge >= 0.3 is 0 Å². The average Bonchev–Trinajstić information content (AvgIpc) is 2.94. The van der Waals surface area contributed by atoms with Crippen molar-refractivity contribution in [1.82, 2.24) is 10.6 Å². The first-order valence-electron chi connectivity index (χ1n) is 16.1. The van der Waals surface area contributed by atoms with E-state index in [1.54, 1.807) is 0 Å². The lowest BCUT2D eigenvalue weighted by molar-refractivity contribution is 0.419. The van der Waals surface area contributed by atoms with Crippen LogP contribution in [0.4, 0.5) is 0 Å². The molecule has 4 heteroatoms. The number of nitrogens with zero attached hydrogens (tertiary/aromatic N) is 2. The van der Waals surface area contributed by atoms with Crippen LogP contribution >= 0.6 is 0 Å². The summed E-state index contributed by atoms with van der Waals surface area (Å²) in [6, 6.07) is 12.2. The van der Waals surface area contributed by atoms with E-state index in [0.717, 1.165) is 18.7 Å². The molecule has 0 saturated heterocycles. The van der Waals surface area contributed by atoms with E-state index in [1.807, 2.05) is 12.1 Å². The molecule has 0 heterocycles. The molecular formula is C34H58N4. The van der Waals surface area contributed by atoms with Crippen LogP contribution in [0, 0.1) is 22.7 Å². The third-order valence-corrected chi connectivity index (χ3v) is 7.62. The van der Waals surface area contributed by atoms with Gasteiger partial charge in [-0.1, -0.05) is 154 Å². The van der Waals surface area contributed by atoms with Gasteiger partial charge in [0.15, 0.2) is 5.92 Å². The molecule has 0 spiro atoms. The van der Waals surface area contributed by atoms with Crippen LogP contribution in [-0.4, -0.2) is 13.1 Å². The van der Waals surface area contributed by atoms with Crippen molar-refractivity contribution in [3.05, 3.63) is 35.4 Å². The first-order chi connectivity index (χ1) is 18.8. The molecule has 214 valence electrons. The maximum absolute atomic E-state index is 9.20. The predicted molar refractivity (Wildman–Crippen MR) is 163 cm³/mol. The van der Waals surface area contributed by atoms with Crippen LogP contribution in [0.1, 0.15) is 165 Å². The van der Waals surface area contributed by atoms with Crippen molar-refractivity contribution in [2.24, 2.45) is 0 Å². The van der Waals surface area contributed by atoms with Gasteiger partial charge in [-0.2, -0.15) is 10.5 Å². The van der Waals surface area contributed by atoms with Crippen molar-refractivity contribution in [2.45, 2.75) is 154 Å². The molecule has 0 aliphatic rings. The molecular weight excluding hydrogens is 464 g/mol. The van der Waals surface area contributed by atoms with E-state index >= 15 is 0 Å². The van der Waals surface area contributed by atoms with Crippen LogP contribution in [0.25, 0.3) is 0 Å². The van der Waals surface area contributed by atoms with Gasteiger partial charge in [0.25, 0.3) is 0 Å². The highest BCUT2D eigenvalue weighted by Gasteiger charge is 2.13. The Morgan fingerprint density at radius 1 is 0.500 bits per heavy atom. The monoisotopic (exact) mass is 522 g/mol. The molecule has 38 heavy (non-hydrogen) atoms. The molecule has 0 atom stereocenters. The second kappa shape index (κ2) is 25.4. The van der Waals surface area contributed by atoms with Gasteiger partial charge < -0.3 is 0 Å². The zero-order valence-electron chi connectivity index (χ0n) is 24.9. The Morgan fingerprint density at radius 3 is 1.16 bits per heavy atom. The molecule has 0 fully saturated rings. The average molecular weight is 523 g/mol. The Kier molecular flexibility index (Phi) is 22.8. The SMILES string of the molecule is CCCCCCCCCCCCNC(NCCCCCCCCCCCC)c1ccc(C(C#N)C#N)cc1. The fourth-order valence-electron chi connectivity index (χ4n) is 5.08. The lowest BCUT2D eigenvalue weighted by atomic mass is 10.00. The van der Waals surface area contributed by atoms with Crippen molar-refractivity contribution in [2.75, 3.05) is 13.1 Å². The van der Waals surface area contributed by atoms with Crippen LogP contribution in [0.3, 0.4) is 0 Å². The van der Waals surface area contributed by atoms with Crippen molar-refractivity contribution < 1.29 is 0 Å². The third kappa shape index (κ3) is 17.6. The fourth-order valence-corrected chi connectivity index (χ4v) is 5.08. The summed E-state index contributed by atoms with van der Waals surface area (Å²) in [7, 11) is 0. The standard InChI is InChI=1S/C34H58N4/c1-3-5-7-9-11-13-15-17-19-21-27-37-34(32-25-23-31(24-26-32)33(29-35)30-36)38-28-22-20-18-16-14-12-10-8-6-4-2/h23-26,33-34,37-38H,3-22,27-28H2,1-2H3. The summed E-state index contributed by atoms with van der Waals surface area (Å²) in [5.41, 5.74) is 1.96. The number of hydrogen-bond donors (Lipinski definition) is 2. The normalized spacial score (nSPS) is 11.2. The maximum Gasteiger partial charge on any atom is 0.158 e. The van der Waals surface area contributed by atoms with Gasteiger partial charge in [-0.15, -0.1) is 0 Å². The van der Waals surface area contributed by atoms with Crippen molar-refractivity contribution >= 4 is 0 Å². The minimum absolute atomic E-state index is 0.115. The molecule has 2 N–H and O–H groups in total. The van der Waals surface area contributed by atoms with Crippen LogP contribution in [0.2, 0.25) is 0 Å². The summed E-state index contributed by atoms with van der Waals surface area (Å²) in [6.07, 6.45) is 27.1. The molecule has 4 nitrogen and oxygen atoms in total.